The molecule has 2 heterocycles. The number of imidazole rings is 1. The molecule has 0 spiro atoms. The first-order valence-corrected chi connectivity index (χ1v) is 6.93. The molecular formula is C15H13N5O4. The zero-order valence-electron chi connectivity index (χ0n) is 12.9. The lowest BCUT2D eigenvalue weighted by molar-refractivity contribution is -0.114. The number of aromatic nitrogens is 4. The summed E-state index contributed by atoms with van der Waals surface area (Å²) < 4.78 is 6.23. The van der Waals surface area contributed by atoms with E-state index < -0.39 is 11.5 Å². The van der Waals surface area contributed by atoms with Gasteiger partial charge in [-0.25, -0.2) is 9.78 Å². The first kappa shape index (κ1) is 15.4. The van der Waals surface area contributed by atoms with E-state index in [4.69, 9.17) is 0 Å². The number of carbonyl (C=O) groups excluding carboxylic acids is 2. The molecule has 0 saturated carbocycles. The average Bonchev–Trinajstić information content (AvgIpc) is 2.98. The van der Waals surface area contributed by atoms with Crippen molar-refractivity contribution in [2.45, 2.75) is 6.92 Å². The van der Waals surface area contributed by atoms with E-state index in [1.165, 1.54) is 20.4 Å². The second-order valence-corrected chi connectivity index (χ2v) is 4.92. The summed E-state index contributed by atoms with van der Waals surface area (Å²) in [6, 6.07) is 6.53. The summed E-state index contributed by atoms with van der Waals surface area (Å²) in [7, 11) is 1.30. The second kappa shape index (κ2) is 5.95. The highest BCUT2D eigenvalue weighted by atomic mass is 16.5. The number of nitrogens with one attached hydrogen (secondary N) is 2. The highest BCUT2D eigenvalue weighted by molar-refractivity contribution is 5.89. The van der Waals surface area contributed by atoms with Crippen LogP contribution in [0.5, 0.6) is 0 Å². The summed E-state index contributed by atoms with van der Waals surface area (Å²) in [5, 5.41) is 2.43. The number of carbonyl (C=O) groups is 2. The predicted octanol–water partition coefficient (Wildman–Crippen LogP) is 0.854. The van der Waals surface area contributed by atoms with Crippen molar-refractivity contribution in [3.63, 3.8) is 0 Å². The average molecular weight is 327 g/mol. The molecule has 3 aromatic rings. The van der Waals surface area contributed by atoms with Crippen LogP contribution in [-0.2, 0) is 9.53 Å². The molecule has 0 saturated heterocycles. The number of nitrogens with zero attached hydrogens (tertiary/aromatic N) is 3. The quantitative estimate of drug-likeness (QED) is 0.688. The molecule has 9 heteroatoms. The van der Waals surface area contributed by atoms with Crippen LogP contribution >= 0.6 is 0 Å². The molecule has 0 aliphatic carbocycles. The van der Waals surface area contributed by atoms with E-state index in [1.54, 1.807) is 28.8 Å². The molecule has 0 unspecified atom stereocenters. The van der Waals surface area contributed by atoms with Gasteiger partial charge in [-0.05, 0) is 24.3 Å². The summed E-state index contributed by atoms with van der Waals surface area (Å²) >= 11 is 0. The fraction of sp³-hybridized carbons (Fsp3) is 0.133. The molecule has 122 valence electrons. The number of esters is 1. The molecular weight excluding hydrogens is 314 g/mol. The molecule has 0 aliphatic heterocycles. The van der Waals surface area contributed by atoms with Gasteiger partial charge in [-0.3, -0.25) is 24.5 Å². The maximum absolute atomic E-state index is 12.0. The zero-order valence-corrected chi connectivity index (χ0v) is 12.9. The van der Waals surface area contributed by atoms with Gasteiger partial charge in [0.15, 0.2) is 11.2 Å². The topological polar surface area (TPSA) is 119 Å². The lowest BCUT2D eigenvalue weighted by Gasteiger charge is -2.06. The number of H-pyrrole nitrogens is 1. The van der Waals surface area contributed by atoms with Crippen LogP contribution in [0.3, 0.4) is 0 Å². The highest BCUT2D eigenvalue weighted by Crippen LogP contribution is 2.16. The lowest BCUT2D eigenvalue weighted by Crippen LogP contribution is -2.16. The van der Waals surface area contributed by atoms with Gasteiger partial charge in [-0.2, -0.15) is 4.98 Å². The number of benzene rings is 1. The van der Waals surface area contributed by atoms with Gasteiger partial charge >= 0.3 is 5.97 Å². The van der Waals surface area contributed by atoms with Crippen molar-refractivity contribution < 1.29 is 14.3 Å². The molecule has 0 aliphatic rings. The highest BCUT2D eigenvalue weighted by Gasteiger charge is 2.13. The van der Waals surface area contributed by atoms with Crippen LogP contribution in [0.1, 0.15) is 17.3 Å². The molecule has 0 bridgehead atoms. The molecule has 24 heavy (non-hydrogen) atoms. The molecule has 9 nitrogen and oxygen atoms in total. The van der Waals surface area contributed by atoms with Crippen LogP contribution in [0, 0.1) is 0 Å². The van der Waals surface area contributed by atoms with Crippen LogP contribution < -0.4 is 10.9 Å². The Labute approximate surface area is 135 Å². The zero-order chi connectivity index (χ0) is 17.3. The Morgan fingerprint density at radius 1 is 1.25 bits per heavy atom. The van der Waals surface area contributed by atoms with Gasteiger partial charge in [0.2, 0.25) is 11.9 Å². The van der Waals surface area contributed by atoms with E-state index >= 15 is 0 Å². The molecule has 3 rings (SSSR count). The Hall–Kier alpha value is -3.49. The predicted molar refractivity (Wildman–Crippen MR) is 85.1 cm³/mol. The van der Waals surface area contributed by atoms with Crippen molar-refractivity contribution in [2.24, 2.45) is 0 Å². The molecule has 1 aromatic carbocycles. The fourth-order valence-corrected chi connectivity index (χ4v) is 2.20. The van der Waals surface area contributed by atoms with Crippen molar-refractivity contribution in [3.8, 4) is 5.69 Å². The number of aromatic amines is 1. The Bertz CT molecular complexity index is 987. The van der Waals surface area contributed by atoms with E-state index in [2.05, 4.69) is 25.0 Å². The van der Waals surface area contributed by atoms with Gasteiger partial charge in [0.1, 0.15) is 6.33 Å². The van der Waals surface area contributed by atoms with Gasteiger partial charge in [0.25, 0.3) is 5.56 Å². The third-order valence-electron chi connectivity index (χ3n) is 3.27. The minimum Gasteiger partial charge on any atom is -0.465 e. The summed E-state index contributed by atoms with van der Waals surface area (Å²) in [5.74, 6) is -0.765. The monoisotopic (exact) mass is 327 g/mol. The van der Waals surface area contributed by atoms with Gasteiger partial charge in [-0.15, -0.1) is 0 Å². The van der Waals surface area contributed by atoms with Crippen molar-refractivity contribution in [1.29, 1.82) is 0 Å². The first-order chi connectivity index (χ1) is 11.5. The minimum absolute atomic E-state index is 0.0351. The van der Waals surface area contributed by atoms with Gasteiger partial charge in [0.05, 0.1) is 12.7 Å². The summed E-state index contributed by atoms with van der Waals surface area (Å²) in [5.41, 5.74) is 1.01. The summed E-state index contributed by atoms with van der Waals surface area (Å²) in [6.45, 7) is 1.31. The largest absolute Gasteiger partial charge is 0.465 e. The molecule has 0 atom stereocenters. The van der Waals surface area contributed by atoms with Crippen LogP contribution in [-0.4, -0.2) is 38.5 Å². The second-order valence-electron chi connectivity index (χ2n) is 4.92. The standard InChI is InChI=1S/C15H13N5O4/c1-8(21)17-15-18-12-11(13(22)19-15)16-7-20(12)10-5-3-9(4-6-10)14(23)24-2/h3-7H,1-2H3,(H2,17,18,19,21,22). The van der Waals surface area contributed by atoms with E-state index in [9.17, 15) is 14.4 Å². The fourth-order valence-electron chi connectivity index (χ4n) is 2.20. The van der Waals surface area contributed by atoms with Gasteiger partial charge < -0.3 is 4.74 Å². The Kier molecular flexibility index (Phi) is 3.82. The molecule has 0 radical (unpaired) electrons. The van der Waals surface area contributed by atoms with Crippen molar-refractivity contribution in [2.75, 3.05) is 12.4 Å². The van der Waals surface area contributed by atoms with Gasteiger partial charge in [-0.1, -0.05) is 0 Å². The number of ether oxygens (including phenoxy) is 1. The van der Waals surface area contributed by atoms with Crippen molar-refractivity contribution >= 4 is 29.0 Å². The molecule has 0 fully saturated rings. The lowest BCUT2D eigenvalue weighted by atomic mass is 10.2. The van der Waals surface area contributed by atoms with Crippen molar-refractivity contribution in [1.82, 2.24) is 19.5 Å². The van der Waals surface area contributed by atoms with Crippen LogP contribution in [0.15, 0.2) is 35.4 Å². The first-order valence-electron chi connectivity index (χ1n) is 6.93. The maximum Gasteiger partial charge on any atom is 0.337 e. The van der Waals surface area contributed by atoms with E-state index in [1.807, 2.05) is 0 Å². The third kappa shape index (κ3) is 2.74. The Balaban J connectivity index is 2.09. The van der Waals surface area contributed by atoms with Crippen LogP contribution in [0.4, 0.5) is 5.95 Å². The minimum atomic E-state index is -0.464. The number of hydrogen-bond acceptors (Lipinski definition) is 6. The molecule has 1 amide bonds. The number of methoxy groups -OCH3 is 1. The molecule has 2 aromatic heterocycles. The number of amides is 1. The smallest absolute Gasteiger partial charge is 0.337 e. The number of hydrogen-bond donors (Lipinski definition) is 2. The van der Waals surface area contributed by atoms with Crippen LogP contribution in [0.25, 0.3) is 16.9 Å². The normalized spacial score (nSPS) is 10.6. The summed E-state index contributed by atoms with van der Waals surface area (Å²) in [4.78, 5) is 45.3. The third-order valence-corrected chi connectivity index (χ3v) is 3.27. The number of fused-ring (bicyclic) bond motifs is 1. The number of anilines is 1. The van der Waals surface area contributed by atoms with Gasteiger partial charge in [0, 0.05) is 12.6 Å². The van der Waals surface area contributed by atoms with E-state index in [0.29, 0.717) is 11.3 Å². The summed E-state index contributed by atoms with van der Waals surface area (Å²) in [6.07, 6.45) is 1.44. The van der Waals surface area contributed by atoms with E-state index in [0.717, 1.165) is 0 Å². The van der Waals surface area contributed by atoms with Crippen LogP contribution in [0.2, 0.25) is 0 Å². The SMILES string of the molecule is COC(=O)c1ccc(-n2cnc3c(=O)[nH]c(NC(C)=O)nc32)cc1. The van der Waals surface area contributed by atoms with Crippen molar-refractivity contribution in [3.05, 3.63) is 46.5 Å². The molecule has 2 N–H and O–H groups in total. The number of rotatable bonds is 3. The van der Waals surface area contributed by atoms with E-state index in [-0.39, 0.29) is 23.0 Å². The Morgan fingerprint density at radius 2 is 1.96 bits per heavy atom. The maximum atomic E-state index is 12.0. The Morgan fingerprint density at radius 3 is 2.58 bits per heavy atom.